The summed E-state index contributed by atoms with van der Waals surface area (Å²) in [5, 5.41) is 2.04. The van der Waals surface area contributed by atoms with Gasteiger partial charge >= 0.3 is 0 Å². The first kappa shape index (κ1) is 21.0. The molecule has 4 heterocycles. The Morgan fingerprint density at radius 1 is 1.09 bits per heavy atom. The minimum absolute atomic E-state index is 0.231. The third kappa shape index (κ3) is 3.78. The molecule has 1 fully saturated rings. The number of fused-ring (bicyclic) bond motifs is 1. The first-order valence-corrected chi connectivity index (χ1v) is 11.4. The van der Waals surface area contributed by atoms with Gasteiger partial charge in [-0.25, -0.2) is 15.0 Å². The summed E-state index contributed by atoms with van der Waals surface area (Å²) < 4.78 is 8.29. The van der Waals surface area contributed by atoms with Gasteiger partial charge in [0, 0.05) is 48.3 Å². The van der Waals surface area contributed by atoms with Crippen LogP contribution in [-0.4, -0.2) is 32.6 Å². The topological polar surface area (TPSA) is 56.1 Å². The molecule has 0 aliphatic carbocycles. The molecule has 164 valence electrons. The Bertz CT molecular complexity index is 1300. The van der Waals surface area contributed by atoms with Crippen molar-refractivity contribution in [3.63, 3.8) is 0 Å². The lowest BCUT2D eigenvalue weighted by Crippen LogP contribution is -2.20. The van der Waals surface area contributed by atoms with E-state index in [1.54, 1.807) is 12.4 Å². The molecule has 0 N–H and O–H groups in total. The predicted octanol–water partition coefficient (Wildman–Crippen LogP) is 5.92. The maximum Gasteiger partial charge on any atom is 0.147 e. The lowest BCUT2D eigenvalue weighted by atomic mass is 10.1. The number of halogens is 2. The van der Waals surface area contributed by atoms with E-state index in [0.29, 0.717) is 15.8 Å². The van der Waals surface area contributed by atoms with E-state index < -0.39 is 0 Å². The number of imidazole rings is 1. The van der Waals surface area contributed by atoms with Crippen LogP contribution < -0.4 is 9.64 Å². The van der Waals surface area contributed by atoms with Gasteiger partial charge in [0.15, 0.2) is 0 Å². The zero-order valence-electron chi connectivity index (χ0n) is 18.0. The van der Waals surface area contributed by atoms with Crippen LogP contribution in [0.2, 0.25) is 10.0 Å². The van der Waals surface area contributed by atoms with E-state index in [-0.39, 0.29) is 6.61 Å². The number of pyridine rings is 2. The molecule has 0 spiro atoms. The van der Waals surface area contributed by atoms with Gasteiger partial charge in [0.2, 0.25) is 0 Å². The van der Waals surface area contributed by atoms with Crippen LogP contribution in [0.3, 0.4) is 0 Å². The zero-order valence-corrected chi connectivity index (χ0v) is 19.5. The lowest BCUT2D eigenvalue weighted by Gasteiger charge is -2.20. The van der Waals surface area contributed by atoms with E-state index in [1.807, 2.05) is 38.2 Å². The van der Waals surface area contributed by atoms with Gasteiger partial charge in [-0.05, 0) is 38.8 Å². The Morgan fingerprint density at radius 2 is 1.91 bits per heavy atom. The second-order valence-electron chi connectivity index (χ2n) is 7.98. The molecule has 0 unspecified atom stereocenters. The van der Waals surface area contributed by atoms with Crippen molar-refractivity contribution in [3.05, 3.63) is 70.0 Å². The fourth-order valence-electron chi connectivity index (χ4n) is 4.20. The van der Waals surface area contributed by atoms with Crippen LogP contribution in [0, 0.1) is 13.8 Å². The third-order valence-electron chi connectivity index (χ3n) is 5.82. The monoisotopic (exact) mass is 467 g/mol. The minimum atomic E-state index is 0.231. The van der Waals surface area contributed by atoms with Crippen molar-refractivity contribution in [1.82, 2.24) is 19.5 Å². The number of nitrogens with zero attached hydrogens (tertiary/aromatic N) is 5. The molecule has 1 aliphatic heterocycles. The fourth-order valence-corrected chi connectivity index (χ4v) is 4.77. The van der Waals surface area contributed by atoms with Gasteiger partial charge < -0.3 is 14.2 Å². The molecular formula is C24H23Cl2N5O. The SMILES string of the molecule is Cc1cc(-n2ccnc2C)c2cccc(OCc3c(Cl)cnc(N4CCCC4)c3Cl)c2n1. The van der Waals surface area contributed by atoms with Crippen LogP contribution in [0.25, 0.3) is 16.6 Å². The van der Waals surface area contributed by atoms with Crippen LogP contribution in [0.15, 0.2) is 42.9 Å². The Morgan fingerprint density at radius 3 is 2.66 bits per heavy atom. The summed E-state index contributed by atoms with van der Waals surface area (Å²) in [6, 6.07) is 7.99. The molecule has 0 saturated carbocycles. The Hall–Kier alpha value is -2.83. The normalized spacial score (nSPS) is 13.8. The molecule has 1 aromatic carbocycles. The average Bonchev–Trinajstić information content (AvgIpc) is 3.45. The van der Waals surface area contributed by atoms with Crippen LogP contribution >= 0.6 is 23.2 Å². The largest absolute Gasteiger partial charge is 0.487 e. The highest BCUT2D eigenvalue weighted by Gasteiger charge is 2.21. The minimum Gasteiger partial charge on any atom is -0.487 e. The highest BCUT2D eigenvalue weighted by molar-refractivity contribution is 6.37. The first-order chi connectivity index (χ1) is 15.5. The Labute approximate surface area is 196 Å². The van der Waals surface area contributed by atoms with Crippen molar-refractivity contribution in [2.45, 2.75) is 33.3 Å². The van der Waals surface area contributed by atoms with Gasteiger partial charge in [0.25, 0.3) is 0 Å². The van der Waals surface area contributed by atoms with E-state index >= 15 is 0 Å². The smallest absolute Gasteiger partial charge is 0.147 e. The van der Waals surface area contributed by atoms with Crippen LogP contribution in [0.1, 0.15) is 29.9 Å². The number of hydrogen-bond donors (Lipinski definition) is 0. The number of rotatable bonds is 5. The molecule has 0 radical (unpaired) electrons. The molecular weight excluding hydrogens is 445 g/mol. The summed E-state index contributed by atoms with van der Waals surface area (Å²) >= 11 is 13.2. The second kappa shape index (κ2) is 8.60. The van der Waals surface area contributed by atoms with E-state index in [9.17, 15) is 0 Å². The number of anilines is 1. The molecule has 5 rings (SSSR count). The van der Waals surface area contributed by atoms with Crippen LogP contribution in [-0.2, 0) is 6.61 Å². The molecule has 0 atom stereocenters. The summed E-state index contributed by atoms with van der Waals surface area (Å²) in [4.78, 5) is 15.8. The number of ether oxygens (including phenoxy) is 1. The van der Waals surface area contributed by atoms with Crippen LogP contribution in [0.5, 0.6) is 5.75 Å². The van der Waals surface area contributed by atoms with Crippen molar-refractivity contribution in [2.24, 2.45) is 0 Å². The number of para-hydroxylation sites is 1. The average molecular weight is 468 g/mol. The van der Waals surface area contributed by atoms with Crippen molar-refractivity contribution >= 4 is 39.9 Å². The molecule has 0 amide bonds. The summed E-state index contributed by atoms with van der Waals surface area (Å²) in [6.07, 6.45) is 7.69. The zero-order chi connectivity index (χ0) is 22.2. The quantitative estimate of drug-likeness (QED) is 0.364. The van der Waals surface area contributed by atoms with Gasteiger partial charge in [-0.2, -0.15) is 0 Å². The lowest BCUT2D eigenvalue weighted by molar-refractivity contribution is 0.309. The summed E-state index contributed by atoms with van der Waals surface area (Å²) in [5.41, 5.74) is 3.44. The molecule has 8 heteroatoms. The standard InChI is InChI=1S/C24H23Cl2N5O/c1-15-12-20(31-11-8-27-16(31)2)17-6-5-7-21(23(17)29-15)32-14-18-19(25)13-28-24(22(18)26)30-9-3-4-10-30/h5-8,11-13H,3-4,9-10,14H2,1-2H3. The van der Waals surface area contributed by atoms with E-state index in [2.05, 4.69) is 25.5 Å². The first-order valence-electron chi connectivity index (χ1n) is 10.6. The highest BCUT2D eigenvalue weighted by Crippen LogP contribution is 2.35. The second-order valence-corrected chi connectivity index (χ2v) is 8.77. The molecule has 1 aliphatic rings. The van der Waals surface area contributed by atoms with Crippen molar-refractivity contribution < 1.29 is 4.74 Å². The highest BCUT2D eigenvalue weighted by atomic mass is 35.5. The fraction of sp³-hybridized carbons (Fsp3) is 0.292. The third-order valence-corrected chi connectivity index (χ3v) is 6.54. The van der Waals surface area contributed by atoms with Crippen molar-refractivity contribution in [1.29, 1.82) is 0 Å². The van der Waals surface area contributed by atoms with Crippen LogP contribution in [0.4, 0.5) is 5.82 Å². The molecule has 32 heavy (non-hydrogen) atoms. The van der Waals surface area contributed by atoms with Gasteiger partial charge in [-0.1, -0.05) is 35.3 Å². The van der Waals surface area contributed by atoms with Gasteiger partial charge in [-0.15, -0.1) is 0 Å². The van der Waals surface area contributed by atoms with E-state index in [1.165, 1.54) is 0 Å². The molecule has 1 saturated heterocycles. The van der Waals surface area contributed by atoms with Crippen molar-refractivity contribution in [3.8, 4) is 11.4 Å². The van der Waals surface area contributed by atoms with Crippen molar-refractivity contribution in [2.75, 3.05) is 18.0 Å². The maximum absolute atomic E-state index is 6.72. The van der Waals surface area contributed by atoms with E-state index in [0.717, 1.165) is 65.4 Å². The Kier molecular flexibility index (Phi) is 5.66. The Balaban J connectivity index is 1.51. The van der Waals surface area contributed by atoms with E-state index in [4.69, 9.17) is 32.9 Å². The molecule has 3 aromatic heterocycles. The van der Waals surface area contributed by atoms with Gasteiger partial charge in [-0.3, -0.25) is 0 Å². The summed E-state index contributed by atoms with van der Waals surface area (Å²) in [5.74, 6) is 2.36. The maximum atomic E-state index is 6.72. The molecule has 0 bridgehead atoms. The molecule has 4 aromatic rings. The number of hydrogen-bond acceptors (Lipinski definition) is 5. The summed E-state index contributed by atoms with van der Waals surface area (Å²) in [7, 11) is 0. The predicted molar refractivity (Wildman–Crippen MR) is 128 cm³/mol. The van der Waals surface area contributed by atoms with Gasteiger partial charge in [0.05, 0.1) is 15.7 Å². The number of aromatic nitrogens is 4. The van der Waals surface area contributed by atoms with Gasteiger partial charge in [0.1, 0.15) is 29.5 Å². The molecule has 6 nitrogen and oxygen atoms in total. The summed E-state index contributed by atoms with van der Waals surface area (Å²) in [6.45, 7) is 6.10. The number of benzene rings is 1. The number of aryl methyl sites for hydroxylation is 2.